The summed E-state index contributed by atoms with van der Waals surface area (Å²) in [6.07, 6.45) is 6.37. The van der Waals surface area contributed by atoms with Crippen LogP contribution in [-0.2, 0) is 0 Å². The van der Waals surface area contributed by atoms with E-state index < -0.39 is 0 Å². The molecule has 0 saturated heterocycles. The molecule has 2 heteroatoms. The predicted molar refractivity (Wildman–Crippen MR) is 89.7 cm³/mol. The third-order valence-electron chi connectivity index (χ3n) is 5.26. The SMILES string of the molecule is CCC1CCC(CN)C(Oc2ccccc2C(C)CC)C1. The highest BCUT2D eigenvalue weighted by Crippen LogP contribution is 2.36. The van der Waals surface area contributed by atoms with Crippen LogP contribution in [0.25, 0.3) is 0 Å². The number of rotatable bonds is 6. The van der Waals surface area contributed by atoms with Gasteiger partial charge in [0.25, 0.3) is 0 Å². The van der Waals surface area contributed by atoms with Gasteiger partial charge in [0.2, 0.25) is 0 Å². The van der Waals surface area contributed by atoms with Crippen LogP contribution in [0, 0.1) is 11.8 Å². The van der Waals surface area contributed by atoms with Crippen molar-refractivity contribution < 1.29 is 4.74 Å². The number of hydrogen-bond donors (Lipinski definition) is 1. The molecule has 1 aromatic carbocycles. The van der Waals surface area contributed by atoms with Gasteiger partial charge in [0, 0.05) is 5.92 Å². The van der Waals surface area contributed by atoms with E-state index >= 15 is 0 Å². The van der Waals surface area contributed by atoms with Crippen LogP contribution in [0.5, 0.6) is 5.75 Å². The van der Waals surface area contributed by atoms with Gasteiger partial charge in [0.15, 0.2) is 0 Å². The molecule has 0 spiro atoms. The van der Waals surface area contributed by atoms with E-state index in [0.29, 0.717) is 17.9 Å². The zero-order chi connectivity index (χ0) is 15.2. The van der Waals surface area contributed by atoms with Crippen molar-refractivity contribution in [2.24, 2.45) is 17.6 Å². The molecule has 1 aromatic rings. The summed E-state index contributed by atoms with van der Waals surface area (Å²) >= 11 is 0. The molecule has 1 aliphatic carbocycles. The van der Waals surface area contributed by atoms with E-state index in [1.165, 1.54) is 24.8 Å². The van der Waals surface area contributed by atoms with Crippen LogP contribution in [0.2, 0.25) is 0 Å². The van der Waals surface area contributed by atoms with E-state index in [1.807, 2.05) is 0 Å². The average molecular weight is 289 g/mol. The van der Waals surface area contributed by atoms with Gasteiger partial charge in [0.1, 0.15) is 11.9 Å². The molecule has 0 amide bonds. The van der Waals surface area contributed by atoms with Crippen LogP contribution in [0.4, 0.5) is 0 Å². The second kappa shape index (κ2) is 7.84. The fourth-order valence-corrected chi connectivity index (χ4v) is 3.44. The van der Waals surface area contributed by atoms with Crippen LogP contribution in [0.15, 0.2) is 24.3 Å². The van der Waals surface area contributed by atoms with Gasteiger partial charge in [-0.05, 0) is 55.7 Å². The molecule has 0 aromatic heterocycles. The first-order chi connectivity index (χ1) is 10.2. The number of para-hydroxylation sites is 1. The minimum absolute atomic E-state index is 0.291. The number of benzene rings is 1. The lowest BCUT2D eigenvalue weighted by molar-refractivity contribution is 0.0673. The van der Waals surface area contributed by atoms with E-state index in [-0.39, 0.29) is 0 Å². The van der Waals surface area contributed by atoms with Crippen molar-refractivity contribution >= 4 is 0 Å². The van der Waals surface area contributed by atoms with E-state index in [0.717, 1.165) is 31.1 Å². The fourth-order valence-electron chi connectivity index (χ4n) is 3.44. The summed E-state index contributed by atoms with van der Waals surface area (Å²) in [5.74, 6) is 2.93. The molecule has 0 bridgehead atoms. The summed E-state index contributed by atoms with van der Waals surface area (Å²) < 4.78 is 6.46. The van der Waals surface area contributed by atoms with Gasteiger partial charge >= 0.3 is 0 Å². The molecule has 4 atom stereocenters. The molecule has 1 fully saturated rings. The second-order valence-electron chi connectivity index (χ2n) is 6.59. The zero-order valence-corrected chi connectivity index (χ0v) is 13.8. The summed E-state index contributed by atoms with van der Waals surface area (Å²) in [5, 5.41) is 0. The highest BCUT2D eigenvalue weighted by atomic mass is 16.5. The van der Waals surface area contributed by atoms with Gasteiger partial charge in [-0.25, -0.2) is 0 Å². The number of ether oxygens (including phenoxy) is 1. The summed E-state index contributed by atoms with van der Waals surface area (Å²) in [7, 11) is 0. The van der Waals surface area contributed by atoms with Crippen LogP contribution < -0.4 is 10.5 Å². The van der Waals surface area contributed by atoms with Crippen LogP contribution in [0.1, 0.15) is 64.4 Å². The molecule has 21 heavy (non-hydrogen) atoms. The molecular formula is C19H31NO. The molecule has 2 rings (SSSR count). The lowest BCUT2D eigenvalue weighted by Gasteiger charge is -2.36. The lowest BCUT2D eigenvalue weighted by atomic mass is 9.78. The van der Waals surface area contributed by atoms with E-state index in [2.05, 4.69) is 45.0 Å². The number of nitrogens with two attached hydrogens (primary N) is 1. The Kier molecular flexibility index (Phi) is 6.10. The predicted octanol–water partition coefficient (Wildman–Crippen LogP) is 4.73. The van der Waals surface area contributed by atoms with Gasteiger partial charge in [0.05, 0.1) is 0 Å². The summed E-state index contributed by atoms with van der Waals surface area (Å²) in [6, 6.07) is 8.54. The number of hydrogen-bond acceptors (Lipinski definition) is 2. The first-order valence-electron chi connectivity index (χ1n) is 8.65. The fraction of sp³-hybridized carbons (Fsp3) is 0.684. The Bertz CT molecular complexity index is 431. The molecule has 0 radical (unpaired) electrons. The lowest BCUT2D eigenvalue weighted by Crippen LogP contribution is -2.38. The summed E-state index contributed by atoms with van der Waals surface area (Å²) in [6.45, 7) is 7.54. The molecule has 2 N–H and O–H groups in total. The minimum Gasteiger partial charge on any atom is -0.490 e. The minimum atomic E-state index is 0.291. The third kappa shape index (κ3) is 4.00. The van der Waals surface area contributed by atoms with Crippen molar-refractivity contribution in [3.05, 3.63) is 29.8 Å². The molecule has 0 aliphatic heterocycles. The Morgan fingerprint density at radius 3 is 2.67 bits per heavy atom. The van der Waals surface area contributed by atoms with Crippen LogP contribution >= 0.6 is 0 Å². The molecule has 0 heterocycles. The molecule has 1 saturated carbocycles. The van der Waals surface area contributed by atoms with E-state index in [1.54, 1.807) is 0 Å². The smallest absolute Gasteiger partial charge is 0.123 e. The Morgan fingerprint density at radius 1 is 1.24 bits per heavy atom. The molecule has 2 nitrogen and oxygen atoms in total. The Balaban J connectivity index is 2.15. The highest BCUT2D eigenvalue weighted by Gasteiger charge is 2.31. The topological polar surface area (TPSA) is 35.2 Å². The second-order valence-corrected chi connectivity index (χ2v) is 6.59. The van der Waals surface area contributed by atoms with Crippen molar-refractivity contribution in [3.8, 4) is 5.75 Å². The van der Waals surface area contributed by atoms with Gasteiger partial charge in [-0.1, -0.05) is 45.4 Å². The van der Waals surface area contributed by atoms with Gasteiger partial charge < -0.3 is 10.5 Å². The Labute approximate surface area is 130 Å². The maximum atomic E-state index is 6.46. The normalized spacial score (nSPS) is 27.3. The average Bonchev–Trinajstić information content (AvgIpc) is 2.54. The summed E-state index contributed by atoms with van der Waals surface area (Å²) in [4.78, 5) is 0. The molecular weight excluding hydrogens is 258 g/mol. The quantitative estimate of drug-likeness (QED) is 0.821. The maximum Gasteiger partial charge on any atom is 0.123 e. The zero-order valence-electron chi connectivity index (χ0n) is 13.8. The first-order valence-corrected chi connectivity index (χ1v) is 8.65. The molecule has 4 unspecified atom stereocenters. The highest BCUT2D eigenvalue weighted by molar-refractivity contribution is 5.36. The standard InChI is InChI=1S/C19H31NO/c1-4-14(3)17-8-6-7-9-18(17)21-19-12-15(5-2)10-11-16(19)13-20/h6-9,14-16,19H,4-5,10-13,20H2,1-3H3. The van der Waals surface area contributed by atoms with Gasteiger partial charge in [-0.3, -0.25) is 0 Å². The first kappa shape index (κ1) is 16.4. The molecule has 1 aliphatic rings. The Hall–Kier alpha value is -1.02. The summed E-state index contributed by atoms with van der Waals surface area (Å²) in [5.41, 5.74) is 7.32. The van der Waals surface area contributed by atoms with E-state index in [4.69, 9.17) is 10.5 Å². The Morgan fingerprint density at radius 2 is 2.00 bits per heavy atom. The third-order valence-corrected chi connectivity index (χ3v) is 5.26. The monoisotopic (exact) mass is 289 g/mol. The van der Waals surface area contributed by atoms with Crippen molar-refractivity contribution in [1.82, 2.24) is 0 Å². The van der Waals surface area contributed by atoms with Crippen molar-refractivity contribution in [3.63, 3.8) is 0 Å². The van der Waals surface area contributed by atoms with Gasteiger partial charge in [-0.2, -0.15) is 0 Å². The van der Waals surface area contributed by atoms with Crippen molar-refractivity contribution in [1.29, 1.82) is 0 Å². The van der Waals surface area contributed by atoms with Gasteiger partial charge in [-0.15, -0.1) is 0 Å². The van der Waals surface area contributed by atoms with Crippen molar-refractivity contribution in [2.75, 3.05) is 6.54 Å². The van der Waals surface area contributed by atoms with Crippen molar-refractivity contribution in [2.45, 2.75) is 64.9 Å². The largest absolute Gasteiger partial charge is 0.490 e. The van der Waals surface area contributed by atoms with E-state index in [9.17, 15) is 0 Å². The maximum absolute atomic E-state index is 6.46. The van der Waals surface area contributed by atoms with Crippen LogP contribution in [-0.4, -0.2) is 12.6 Å². The molecule has 118 valence electrons. The van der Waals surface area contributed by atoms with Crippen LogP contribution in [0.3, 0.4) is 0 Å².